The molecule has 1 aromatic carbocycles. The van der Waals surface area contributed by atoms with Gasteiger partial charge in [-0.2, -0.15) is 0 Å². The Morgan fingerprint density at radius 2 is 2.00 bits per heavy atom. The average Bonchev–Trinajstić information content (AvgIpc) is 2.29. The van der Waals surface area contributed by atoms with E-state index in [1.54, 1.807) is 6.07 Å². The van der Waals surface area contributed by atoms with Crippen molar-refractivity contribution in [3.8, 4) is 0 Å². The molecule has 0 fully saturated rings. The van der Waals surface area contributed by atoms with E-state index in [0.717, 1.165) is 4.90 Å². The van der Waals surface area contributed by atoms with Gasteiger partial charge in [-0.05, 0) is 18.2 Å². The number of carbonyl (C=O) groups is 3. The molecule has 0 radical (unpaired) electrons. The van der Waals surface area contributed by atoms with E-state index in [9.17, 15) is 14.4 Å². The first-order valence-corrected chi connectivity index (χ1v) is 5.73. The maximum absolute atomic E-state index is 12.0. The van der Waals surface area contributed by atoms with Crippen molar-refractivity contribution in [3.05, 3.63) is 28.8 Å². The lowest BCUT2D eigenvalue weighted by molar-refractivity contribution is -0.137. The van der Waals surface area contributed by atoms with E-state index in [1.165, 1.54) is 26.1 Å². The van der Waals surface area contributed by atoms with Crippen LogP contribution >= 0.6 is 11.6 Å². The largest absolute Gasteiger partial charge is 0.480 e. The molecule has 2 amide bonds. The van der Waals surface area contributed by atoms with Crippen molar-refractivity contribution in [1.82, 2.24) is 4.90 Å². The number of aliphatic carboxylic acids is 1. The molecule has 2 N–H and O–H groups in total. The number of halogens is 1. The molecule has 0 unspecified atom stereocenters. The van der Waals surface area contributed by atoms with E-state index in [1.807, 2.05) is 0 Å². The zero-order valence-corrected chi connectivity index (χ0v) is 11.2. The third-order valence-corrected chi connectivity index (χ3v) is 2.57. The molecule has 0 spiro atoms. The summed E-state index contributed by atoms with van der Waals surface area (Å²) >= 11 is 5.90. The number of anilines is 1. The monoisotopic (exact) mass is 284 g/mol. The topological polar surface area (TPSA) is 86.7 Å². The number of hydrogen-bond acceptors (Lipinski definition) is 3. The summed E-state index contributed by atoms with van der Waals surface area (Å²) in [5.41, 5.74) is 0.556. The van der Waals surface area contributed by atoms with Crippen molar-refractivity contribution >= 4 is 35.1 Å². The number of benzene rings is 1. The van der Waals surface area contributed by atoms with Crippen LogP contribution < -0.4 is 5.32 Å². The van der Waals surface area contributed by atoms with Gasteiger partial charge in [-0.15, -0.1) is 0 Å². The van der Waals surface area contributed by atoms with Crippen molar-refractivity contribution in [3.63, 3.8) is 0 Å². The number of rotatable bonds is 4. The Kier molecular flexibility index (Phi) is 4.88. The zero-order valence-electron chi connectivity index (χ0n) is 10.4. The van der Waals surface area contributed by atoms with Gasteiger partial charge >= 0.3 is 5.97 Å². The van der Waals surface area contributed by atoms with Gasteiger partial charge in [0.2, 0.25) is 5.91 Å². The highest BCUT2D eigenvalue weighted by atomic mass is 35.5. The van der Waals surface area contributed by atoms with Gasteiger partial charge in [-0.1, -0.05) is 11.6 Å². The normalized spacial score (nSPS) is 9.84. The maximum Gasteiger partial charge on any atom is 0.323 e. The lowest BCUT2D eigenvalue weighted by Crippen LogP contribution is -2.32. The summed E-state index contributed by atoms with van der Waals surface area (Å²) in [5.74, 6) is -1.93. The number of carbonyl (C=O) groups excluding carboxylic acids is 2. The molecule has 0 saturated heterocycles. The smallest absolute Gasteiger partial charge is 0.323 e. The summed E-state index contributed by atoms with van der Waals surface area (Å²) in [4.78, 5) is 34.5. The minimum absolute atomic E-state index is 0.136. The van der Waals surface area contributed by atoms with E-state index in [-0.39, 0.29) is 16.5 Å². The predicted octanol–water partition coefficient (Wildman–Crippen LogP) is 1.45. The third kappa shape index (κ3) is 4.26. The van der Waals surface area contributed by atoms with E-state index in [0.29, 0.717) is 5.69 Å². The SMILES string of the molecule is CC(=O)Nc1ccc(Cl)c(C(=O)N(C)CC(=O)O)c1. The van der Waals surface area contributed by atoms with Gasteiger partial charge in [-0.3, -0.25) is 14.4 Å². The number of hydrogen-bond donors (Lipinski definition) is 2. The van der Waals surface area contributed by atoms with Crippen molar-refractivity contribution in [2.75, 3.05) is 18.9 Å². The average molecular weight is 285 g/mol. The van der Waals surface area contributed by atoms with Crippen LogP contribution in [-0.4, -0.2) is 41.4 Å². The van der Waals surface area contributed by atoms with Crippen molar-refractivity contribution in [2.45, 2.75) is 6.92 Å². The van der Waals surface area contributed by atoms with Gasteiger partial charge in [0.05, 0.1) is 10.6 Å². The highest BCUT2D eigenvalue weighted by Crippen LogP contribution is 2.21. The fourth-order valence-electron chi connectivity index (χ4n) is 1.45. The van der Waals surface area contributed by atoms with E-state index >= 15 is 0 Å². The molecule has 1 rings (SSSR count). The summed E-state index contributed by atoms with van der Waals surface area (Å²) < 4.78 is 0. The number of likely N-dealkylation sites (N-methyl/N-ethyl adjacent to an activating group) is 1. The Balaban J connectivity index is 3.01. The molecular weight excluding hydrogens is 272 g/mol. The first kappa shape index (κ1) is 15.0. The summed E-state index contributed by atoms with van der Waals surface area (Å²) in [7, 11) is 1.36. The molecule has 0 aliphatic carbocycles. The number of nitrogens with one attached hydrogen (secondary N) is 1. The van der Waals surface area contributed by atoms with Gasteiger partial charge in [-0.25, -0.2) is 0 Å². The molecule has 19 heavy (non-hydrogen) atoms. The van der Waals surface area contributed by atoms with Gasteiger partial charge in [0.1, 0.15) is 6.54 Å². The summed E-state index contributed by atoms with van der Waals surface area (Å²) in [5, 5.41) is 11.4. The van der Waals surface area contributed by atoms with Crippen molar-refractivity contribution in [1.29, 1.82) is 0 Å². The molecule has 0 aliphatic rings. The fraction of sp³-hybridized carbons (Fsp3) is 0.250. The first-order valence-electron chi connectivity index (χ1n) is 5.35. The Hall–Kier alpha value is -2.08. The molecule has 7 heteroatoms. The second kappa shape index (κ2) is 6.19. The number of amides is 2. The van der Waals surface area contributed by atoms with Crippen LogP contribution in [0.2, 0.25) is 5.02 Å². The van der Waals surface area contributed by atoms with Crippen LogP contribution in [0.4, 0.5) is 5.69 Å². The summed E-state index contributed by atoms with van der Waals surface area (Å²) in [6, 6.07) is 4.43. The minimum Gasteiger partial charge on any atom is -0.480 e. The quantitative estimate of drug-likeness (QED) is 0.876. The van der Waals surface area contributed by atoms with Crippen LogP contribution in [-0.2, 0) is 9.59 Å². The molecule has 0 atom stereocenters. The molecule has 1 aromatic rings. The van der Waals surface area contributed by atoms with Crippen LogP contribution in [0.15, 0.2) is 18.2 Å². The van der Waals surface area contributed by atoms with Crippen LogP contribution in [0.5, 0.6) is 0 Å². The van der Waals surface area contributed by atoms with Gasteiger partial charge in [0, 0.05) is 19.7 Å². The number of carboxylic acid groups (broad SMARTS) is 1. The van der Waals surface area contributed by atoms with Gasteiger partial charge in [0.15, 0.2) is 0 Å². The molecule has 102 valence electrons. The summed E-state index contributed by atoms with van der Waals surface area (Å²) in [6.07, 6.45) is 0. The Labute approximate surface area is 115 Å². The molecule has 0 heterocycles. The van der Waals surface area contributed by atoms with Crippen LogP contribution in [0.1, 0.15) is 17.3 Å². The van der Waals surface area contributed by atoms with E-state index in [2.05, 4.69) is 5.32 Å². The lowest BCUT2D eigenvalue weighted by atomic mass is 10.1. The predicted molar refractivity (Wildman–Crippen MR) is 70.4 cm³/mol. The van der Waals surface area contributed by atoms with Gasteiger partial charge in [0.25, 0.3) is 5.91 Å². The molecule has 6 nitrogen and oxygen atoms in total. The lowest BCUT2D eigenvalue weighted by Gasteiger charge is -2.16. The van der Waals surface area contributed by atoms with Crippen LogP contribution in [0.25, 0.3) is 0 Å². The second-order valence-electron chi connectivity index (χ2n) is 3.93. The third-order valence-electron chi connectivity index (χ3n) is 2.24. The number of nitrogens with zero attached hydrogens (tertiary/aromatic N) is 1. The molecule has 0 aliphatic heterocycles. The van der Waals surface area contributed by atoms with Crippen molar-refractivity contribution < 1.29 is 19.5 Å². The Bertz CT molecular complexity index is 530. The van der Waals surface area contributed by atoms with Gasteiger partial charge < -0.3 is 15.3 Å². The van der Waals surface area contributed by atoms with Crippen LogP contribution in [0, 0.1) is 0 Å². The Morgan fingerprint density at radius 3 is 2.53 bits per heavy atom. The number of carboxylic acids is 1. The fourth-order valence-corrected chi connectivity index (χ4v) is 1.65. The zero-order chi connectivity index (χ0) is 14.6. The molecule has 0 bridgehead atoms. The van der Waals surface area contributed by atoms with E-state index in [4.69, 9.17) is 16.7 Å². The van der Waals surface area contributed by atoms with E-state index < -0.39 is 18.4 Å². The van der Waals surface area contributed by atoms with Crippen LogP contribution in [0.3, 0.4) is 0 Å². The standard InChI is InChI=1S/C12H13ClN2O4/c1-7(16)14-8-3-4-10(13)9(5-8)12(19)15(2)6-11(17)18/h3-5H,6H2,1-2H3,(H,14,16)(H,17,18). The second-order valence-corrected chi connectivity index (χ2v) is 4.34. The Morgan fingerprint density at radius 1 is 1.37 bits per heavy atom. The molecular formula is C12H13ClN2O4. The van der Waals surface area contributed by atoms with Crippen molar-refractivity contribution in [2.24, 2.45) is 0 Å². The molecule has 0 saturated carbocycles. The maximum atomic E-state index is 12.0. The minimum atomic E-state index is -1.12. The molecule has 0 aromatic heterocycles. The first-order chi connectivity index (χ1) is 8.81. The summed E-state index contributed by atoms with van der Waals surface area (Å²) in [6.45, 7) is 0.909. The highest BCUT2D eigenvalue weighted by molar-refractivity contribution is 6.34. The highest BCUT2D eigenvalue weighted by Gasteiger charge is 2.17.